The Bertz CT molecular complexity index is 796. The van der Waals surface area contributed by atoms with E-state index in [0.717, 1.165) is 10.0 Å². The Morgan fingerprint density at radius 3 is 2.65 bits per heavy atom. The van der Waals surface area contributed by atoms with Crippen LogP contribution in [-0.4, -0.2) is 37.4 Å². The number of anilines is 1. The molecule has 0 spiro atoms. The monoisotopic (exact) mass is 438 g/mol. The van der Waals surface area contributed by atoms with Crippen LogP contribution in [0.3, 0.4) is 0 Å². The summed E-state index contributed by atoms with van der Waals surface area (Å²) >= 11 is 9.37. The summed E-state index contributed by atoms with van der Waals surface area (Å²) in [6, 6.07) is 12.6. The number of nitrogens with one attached hydrogen (secondary N) is 1. The number of ether oxygens (including phenoxy) is 1. The van der Waals surface area contributed by atoms with Gasteiger partial charge in [0.05, 0.1) is 5.02 Å². The van der Waals surface area contributed by atoms with Gasteiger partial charge in [0.15, 0.2) is 6.61 Å². The molecule has 7 heteroatoms. The van der Waals surface area contributed by atoms with E-state index >= 15 is 0 Å². The number of carbonyl (C=O) groups is 2. The molecule has 0 bridgehead atoms. The molecule has 0 heterocycles. The quantitative estimate of drug-likeness (QED) is 0.705. The van der Waals surface area contributed by atoms with E-state index < -0.39 is 0 Å². The fourth-order valence-corrected chi connectivity index (χ4v) is 2.94. The van der Waals surface area contributed by atoms with Crippen molar-refractivity contribution in [3.63, 3.8) is 0 Å². The summed E-state index contributed by atoms with van der Waals surface area (Å²) in [4.78, 5) is 25.3. The predicted octanol–water partition coefficient (Wildman–Crippen LogP) is 4.14. The first-order valence-corrected chi connectivity index (χ1v) is 9.19. The molecule has 2 aromatic rings. The van der Waals surface area contributed by atoms with Crippen LogP contribution < -0.4 is 10.1 Å². The zero-order chi connectivity index (χ0) is 19.1. The van der Waals surface area contributed by atoms with Gasteiger partial charge in [-0.25, -0.2) is 0 Å². The van der Waals surface area contributed by atoms with Gasteiger partial charge in [-0.3, -0.25) is 9.59 Å². The Morgan fingerprint density at radius 1 is 1.19 bits per heavy atom. The molecule has 0 aliphatic rings. The normalized spacial score (nSPS) is 10.3. The molecule has 0 atom stereocenters. The van der Waals surface area contributed by atoms with E-state index in [9.17, 15) is 9.59 Å². The van der Waals surface area contributed by atoms with Crippen molar-refractivity contribution in [3.05, 3.63) is 57.5 Å². The summed E-state index contributed by atoms with van der Waals surface area (Å²) in [5.74, 6) is 0.227. The number of carbonyl (C=O) groups excluding carboxylic acids is 2. The van der Waals surface area contributed by atoms with Gasteiger partial charge in [-0.15, -0.1) is 0 Å². The fourth-order valence-electron chi connectivity index (χ4n) is 2.21. The lowest BCUT2D eigenvalue weighted by atomic mass is 10.1. The van der Waals surface area contributed by atoms with Gasteiger partial charge in [0.25, 0.3) is 5.91 Å². The summed E-state index contributed by atoms with van der Waals surface area (Å²) in [7, 11) is 3.47. The molecule has 2 rings (SSSR count). The average molecular weight is 440 g/mol. The molecule has 0 fully saturated rings. The maximum absolute atomic E-state index is 12.1. The van der Waals surface area contributed by atoms with Crippen LogP contribution in [0.4, 0.5) is 5.69 Å². The van der Waals surface area contributed by atoms with Gasteiger partial charge in [-0.05, 0) is 42.3 Å². The van der Waals surface area contributed by atoms with E-state index in [1.807, 2.05) is 18.2 Å². The van der Waals surface area contributed by atoms with Crippen LogP contribution in [0.5, 0.6) is 5.75 Å². The van der Waals surface area contributed by atoms with Crippen molar-refractivity contribution < 1.29 is 14.3 Å². The lowest BCUT2D eigenvalue weighted by Crippen LogP contribution is -2.22. The Morgan fingerprint density at radius 2 is 1.96 bits per heavy atom. The minimum absolute atomic E-state index is 0.0687. The maximum atomic E-state index is 12.1. The molecule has 1 N–H and O–H groups in total. The Hall–Kier alpha value is -2.05. The van der Waals surface area contributed by atoms with Crippen LogP contribution in [0.25, 0.3) is 0 Å². The molecule has 2 amide bonds. The van der Waals surface area contributed by atoms with Gasteiger partial charge >= 0.3 is 0 Å². The Kier molecular flexibility index (Phi) is 7.48. The first-order valence-electron chi connectivity index (χ1n) is 8.02. The second kappa shape index (κ2) is 9.59. The molecule has 0 radical (unpaired) electrons. The number of nitrogens with zero attached hydrogens (tertiary/aromatic N) is 1. The average Bonchev–Trinajstić information content (AvgIpc) is 2.59. The summed E-state index contributed by atoms with van der Waals surface area (Å²) in [5.41, 5.74) is 1.64. The molecule has 0 saturated heterocycles. The number of halogens is 2. The van der Waals surface area contributed by atoms with E-state index in [1.165, 1.54) is 0 Å². The number of hydrogen-bond donors (Lipinski definition) is 1. The standard InChI is InChI=1S/C19H20BrClN2O3/c1-23(2)19(25)9-6-13-4-3-5-15(10-13)22-18(24)12-26-17-8-7-14(20)11-16(17)21/h3-5,7-8,10-11H,6,9,12H2,1-2H3,(H,22,24). The molecule has 0 aliphatic heterocycles. The van der Waals surface area contributed by atoms with E-state index in [2.05, 4.69) is 21.2 Å². The number of aryl methyl sites for hydroxylation is 1. The number of rotatable bonds is 7. The van der Waals surface area contributed by atoms with Crippen LogP contribution in [-0.2, 0) is 16.0 Å². The van der Waals surface area contributed by atoms with Crippen LogP contribution in [0, 0.1) is 0 Å². The lowest BCUT2D eigenvalue weighted by Gasteiger charge is -2.11. The van der Waals surface area contributed by atoms with Gasteiger partial charge in [0.2, 0.25) is 5.91 Å². The third-order valence-electron chi connectivity index (χ3n) is 3.59. The maximum Gasteiger partial charge on any atom is 0.262 e. The molecule has 138 valence electrons. The smallest absolute Gasteiger partial charge is 0.262 e. The number of hydrogen-bond acceptors (Lipinski definition) is 3. The van der Waals surface area contributed by atoms with E-state index in [-0.39, 0.29) is 18.4 Å². The molecule has 26 heavy (non-hydrogen) atoms. The lowest BCUT2D eigenvalue weighted by molar-refractivity contribution is -0.128. The minimum atomic E-state index is -0.287. The highest BCUT2D eigenvalue weighted by atomic mass is 79.9. The van der Waals surface area contributed by atoms with Crippen molar-refractivity contribution in [1.29, 1.82) is 0 Å². The van der Waals surface area contributed by atoms with Crippen molar-refractivity contribution in [2.75, 3.05) is 26.0 Å². The van der Waals surface area contributed by atoms with Crippen LogP contribution in [0.2, 0.25) is 5.02 Å². The van der Waals surface area contributed by atoms with Crippen molar-refractivity contribution >= 4 is 45.0 Å². The Balaban J connectivity index is 1.88. The number of benzene rings is 2. The third-order valence-corrected chi connectivity index (χ3v) is 4.38. The highest BCUT2D eigenvalue weighted by molar-refractivity contribution is 9.10. The minimum Gasteiger partial charge on any atom is -0.482 e. The number of amides is 2. The van der Waals surface area contributed by atoms with Crippen LogP contribution in [0.1, 0.15) is 12.0 Å². The van der Waals surface area contributed by atoms with E-state index in [1.54, 1.807) is 43.3 Å². The largest absolute Gasteiger partial charge is 0.482 e. The van der Waals surface area contributed by atoms with Crippen LogP contribution in [0.15, 0.2) is 46.9 Å². The van der Waals surface area contributed by atoms with Gasteiger partial charge in [0, 0.05) is 30.7 Å². The van der Waals surface area contributed by atoms with E-state index in [4.69, 9.17) is 16.3 Å². The fraction of sp³-hybridized carbons (Fsp3) is 0.263. The zero-order valence-corrected chi connectivity index (χ0v) is 16.9. The highest BCUT2D eigenvalue weighted by Gasteiger charge is 2.08. The molecule has 5 nitrogen and oxygen atoms in total. The topological polar surface area (TPSA) is 58.6 Å². The Labute approximate surface area is 166 Å². The second-order valence-corrected chi connectivity index (χ2v) is 7.22. The molecular formula is C19H20BrClN2O3. The van der Waals surface area contributed by atoms with E-state index in [0.29, 0.717) is 29.3 Å². The van der Waals surface area contributed by atoms with Crippen molar-refractivity contribution in [2.24, 2.45) is 0 Å². The summed E-state index contributed by atoms with van der Waals surface area (Å²) < 4.78 is 6.28. The van der Waals surface area contributed by atoms with Crippen molar-refractivity contribution in [1.82, 2.24) is 4.90 Å². The SMILES string of the molecule is CN(C)C(=O)CCc1cccc(NC(=O)COc2ccc(Br)cc2Cl)c1. The molecule has 2 aromatic carbocycles. The summed E-state index contributed by atoms with van der Waals surface area (Å²) in [6.07, 6.45) is 1.04. The van der Waals surface area contributed by atoms with Gasteiger partial charge in [-0.1, -0.05) is 39.7 Å². The first kappa shape index (κ1) is 20.3. The van der Waals surface area contributed by atoms with Crippen molar-refractivity contribution in [3.8, 4) is 5.75 Å². The van der Waals surface area contributed by atoms with Crippen molar-refractivity contribution in [2.45, 2.75) is 12.8 Å². The van der Waals surface area contributed by atoms with Gasteiger partial charge < -0.3 is 15.0 Å². The second-order valence-electron chi connectivity index (χ2n) is 5.90. The first-order chi connectivity index (χ1) is 12.3. The molecule has 0 unspecified atom stereocenters. The predicted molar refractivity (Wildman–Crippen MR) is 107 cm³/mol. The summed E-state index contributed by atoms with van der Waals surface area (Å²) in [5, 5.41) is 3.21. The summed E-state index contributed by atoms with van der Waals surface area (Å²) in [6.45, 7) is -0.148. The molecular weight excluding hydrogens is 420 g/mol. The molecule has 0 saturated carbocycles. The van der Waals surface area contributed by atoms with Crippen LogP contribution >= 0.6 is 27.5 Å². The van der Waals surface area contributed by atoms with Gasteiger partial charge in [-0.2, -0.15) is 0 Å². The highest BCUT2D eigenvalue weighted by Crippen LogP contribution is 2.27. The van der Waals surface area contributed by atoms with Gasteiger partial charge in [0.1, 0.15) is 5.75 Å². The molecule has 0 aliphatic carbocycles. The zero-order valence-electron chi connectivity index (χ0n) is 14.6. The third kappa shape index (κ3) is 6.35. The molecule has 0 aromatic heterocycles.